The molecule has 5 heteroatoms. The minimum Gasteiger partial charge on any atom is -0.481 e. The molecule has 1 saturated heterocycles. The molecule has 20 heavy (non-hydrogen) atoms. The Morgan fingerprint density at radius 2 is 2.05 bits per heavy atom. The van der Waals surface area contributed by atoms with Gasteiger partial charge in [0.05, 0.1) is 12.3 Å². The number of hydrogen-bond acceptors (Lipinski definition) is 3. The summed E-state index contributed by atoms with van der Waals surface area (Å²) in [7, 11) is 0. The van der Waals surface area contributed by atoms with Crippen molar-refractivity contribution in [3.8, 4) is 0 Å². The lowest BCUT2D eigenvalue weighted by atomic mass is 9.98. The lowest BCUT2D eigenvalue weighted by Gasteiger charge is -2.22. The van der Waals surface area contributed by atoms with Crippen molar-refractivity contribution in [1.82, 2.24) is 10.6 Å². The monoisotopic (exact) mass is 276 g/mol. The maximum absolute atomic E-state index is 12.0. The summed E-state index contributed by atoms with van der Waals surface area (Å²) in [4.78, 5) is 22.8. The van der Waals surface area contributed by atoms with E-state index in [1.807, 2.05) is 18.2 Å². The van der Waals surface area contributed by atoms with Crippen LogP contribution in [-0.2, 0) is 22.6 Å². The second-order valence-electron chi connectivity index (χ2n) is 5.10. The lowest BCUT2D eigenvalue weighted by molar-refractivity contribution is -0.136. The third kappa shape index (κ3) is 4.06. The molecule has 0 saturated carbocycles. The van der Waals surface area contributed by atoms with Crippen LogP contribution in [0.5, 0.6) is 0 Å². The zero-order valence-corrected chi connectivity index (χ0v) is 11.4. The van der Waals surface area contributed by atoms with Crippen LogP contribution in [0.3, 0.4) is 0 Å². The highest BCUT2D eigenvalue weighted by Gasteiger charge is 2.20. The number of hydrogen-bond donors (Lipinski definition) is 3. The number of carbonyl (C=O) groups excluding carboxylic acids is 1. The zero-order valence-electron chi connectivity index (χ0n) is 11.4. The average Bonchev–Trinajstić information content (AvgIpc) is 2.46. The molecule has 0 aliphatic carbocycles. The van der Waals surface area contributed by atoms with Crippen LogP contribution in [0.1, 0.15) is 24.0 Å². The second-order valence-corrected chi connectivity index (χ2v) is 5.10. The number of aliphatic carboxylic acids is 1. The van der Waals surface area contributed by atoms with E-state index in [4.69, 9.17) is 5.11 Å². The molecule has 1 aromatic rings. The van der Waals surface area contributed by atoms with Gasteiger partial charge in [0.15, 0.2) is 0 Å². The number of rotatable bonds is 5. The number of carboxylic acids is 1. The minimum absolute atomic E-state index is 0.0168. The summed E-state index contributed by atoms with van der Waals surface area (Å²) in [5, 5.41) is 15.0. The van der Waals surface area contributed by atoms with Crippen molar-refractivity contribution in [3.05, 3.63) is 35.4 Å². The van der Waals surface area contributed by atoms with Gasteiger partial charge in [-0.2, -0.15) is 0 Å². The van der Waals surface area contributed by atoms with Gasteiger partial charge in [0.1, 0.15) is 0 Å². The molecule has 1 aromatic carbocycles. The van der Waals surface area contributed by atoms with Crippen LogP contribution < -0.4 is 10.6 Å². The average molecular weight is 276 g/mol. The van der Waals surface area contributed by atoms with Gasteiger partial charge in [0.2, 0.25) is 5.91 Å². The molecule has 0 aromatic heterocycles. The summed E-state index contributed by atoms with van der Waals surface area (Å²) in [6, 6.07) is 7.32. The topological polar surface area (TPSA) is 78.4 Å². The molecule has 1 unspecified atom stereocenters. The highest BCUT2D eigenvalue weighted by Crippen LogP contribution is 2.12. The zero-order chi connectivity index (χ0) is 14.4. The normalized spacial score (nSPS) is 18.5. The van der Waals surface area contributed by atoms with E-state index < -0.39 is 5.97 Å². The predicted molar refractivity (Wildman–Crippen MR) is 75.2 cm³/mol. The molecule has 1 aliphatic rings. The summed E-state index contributed by atoms with van der Waals surface area (Å²) >= 11 is 0. The summed E-state index contributed by atoms with van der Waals surface area (Å²) in [5.74, 6) is -0.794. The van der Waals surface area contributed by atoms with Gasteiger partial charge < -0.3 is 15.7 Å². The largest absolute Gasteiger partial charge is 0.481 e. The van der Waals surface area contributed by atoms with E-state index in [1.54, 1.807) is 6.07 Å². The molecule has 1 heterocycles. The Morgan fingerprint density at radius 3 is 2.70 bits per heavy atom. The Bertz CT molecular complexity index is 482. The Morgan fingerprint density at radius 1 is 1.30 bits per heavy atom. The van der Waals surface area contributed by atoms with E-state index in [9.17, 15) is 9.59 Å². The fourth-order valence-electron chi connectivity index (χ4n) is 2.47. The Hall–Kier alpha value is -1.88. The van der Waals surface area contributed by atoms with Crippen molar-refractivity contribution in [1.29, 1.82) is 0 Å². The first kappa shape index (κ1) is 14.5. The summed E-state index contributed by atoms with van der Waals surface area (Å²) in [6.07, 6.45) is 1.92. The van der Waals surface area contributed by atoms with Crippen molar-refractivity contribution in [2.45, 2.75) is 25.8 Å². The molecule has 1 amide bonds. The fourth-order valence-corrected chi connectivity index (χ4v) is 2.47. The molecule has 0 spiro atoms. The van der Waals surface area contributed by atoms with Crippen LogP contribution in [0.15, 0.2) is 24.3 Å². The molecule has 1 aliphatic heterocycles. The number of nitrogens with one attached hydrogen (secondary N) is 2. The summed E-state index contributed by atoms with van der Waals surface area (Å²) < 4.78 is 0. The van der Waals surface area contributed by atoms with E-state index in [0.29, 0.717) is 6.54 Å². The fraction of sp³-hybridized carbons (Fsp3) is 0.467. The number of benzene rings is 1. The molecular formula is C15H20N2O3. The second kappa shape index (κ2) is 7.05. The molecule has 108 valence electrons. The first-order valence-corrected chi connectivity index (χ1v) is 6.94. The molecular weight excluding hydrogens is 256 g/mol. The van der Waals surface area contributed by atoms with E-state index >= 15 is 0 Å². The van der Waals surface area contributed by atoms with Gasteiger partial charge >= 0.3 is 5.97 Å². The van der Waals surface area contributed by atoms with Crippen LogP contribution in [0.2, 0.25) is 0 Å². The van der Waals surface area contributed by atoms with Crippen molar-refractivity contribution < 1.29 is 14.7 Å². The predicted octanol–water partition coefficient (Wildman–Crippen LogP) is 0.930. The van der Waals surface area contributed by atoms with Crippen LogP contribution in [-0.4, -0.2) is 30.1 Å². The lowest BCUT2D eigenvalue weighted by Crippen LogP contribution is -2.40. The number of amides is 1. The number of carboxylic acid groups (broad SMARTS) is 1. The quantitative estimate of drug-likeness (QED) is 0.747. The molecule has 3 N–H and O–H groups in total. The molecule has 1 atom stereocenters. The SMILES string of the molecule is O=C(O)Cc1ccccc1CNC(=O)C1CCCNC1. The minimum atomic E-state index is -0.861. The van der Waals surface area contributed by atoms with Crippen molar-refractivity contribution in [2.75, 3.05) is 13.1 Å². The Kier molecular flexibility index (Phi) is 5.12. The number of piperidine rings is 1. The Balaban J connectivity index is 1.92. The first-order valence-electron chi connectivity index (χ1n) is 6.94. The maximum Gasteiger partial charge on any atom is 0.307 e. The molecule has 0 radical (unpaired) electrons. The van der Waals surface area contributed by atoms with E-state index in [2.05, 4.69) is 10.6 Å². The van der Waals surface area contributed by atoms with Crippen LogP contribution in [0.4, 0.5) is 0 Å². The van der Waals surface area contributed by atoms with Crippen molar-refractivity contribution in [3.63, 3.8) is 0 Å². The van der Waals surface area contributed by atoms with Gasteiger partial charge in [0.25, 0.3) is 0 Å². The standard InChI is InChI=1S/C15H20N2O3/c18-14(19)8-11-4-1-2-5-12(11)10-17-15(20)13-6-3-7-16-9-13/h1-2,4-5,13,16H,3,6-10H2,(H,17,20)(H,18,19). The summed E-state index contributed by atoms with van der Waals surface area (Å²) in [5.41, 5.74) is 1.62. The van der Waals surface area contributed by atoms with Crippen LogP contribution in [0.25, 0.3) is 0 Å². The smallest absolute Gasteiger partial charge is 0.307 e. The molecule has 1 fully saturated rings. The van der Waals surface area contributed by atoms with E-state index in [1.165, 1.54) is 0 Å². The van der Waals surface area contributed by atoms with Crippen LogP contribution in [0, 0.1) is 5.92 Å². The van der Waals surface area contributed by atoms with Crippen molar-refractivity contribution in [2.24, 2.45) is 5.92 Å². The van der Waals surface area contributed by atoms with E-state index in [-0.39, 0.29) is 18.2 Å². The van der Waals surface area contributed by atoms with Crippen molar-refractivity contribution >= 4 is 11.9 Å². The van der Waals surface area contributed by atoms with Gasteiger partial charge in [-0.3, -0.25) is 9.59 Å². The first-order chi connectivity index (χ1) is 9.66. The highest BCUT2D eigenvalue weighted by molar-refractivity contribution is 5.79. The van der Waals surface area contributed by atoms with E-state index in [0.717, 1.165) is 37.1 Å². The van der Waals surface area contributed by atoms with Gasteiger partial charge in [-0.05, 0) is 30.5 Å². The van der Waals surface area contributed by atoms with Gasteiger partial charge in [-0.15, -0.1) is 0 Å². The third-order valence-corrected chi connectivity index (χ3v) is 3.58. The maximum atomic E-state index is 12.0. The highest BCUT2D eigenvalue weighted by atomic mass is 16.4. The number of carbonyl (C=O) groups is 2. The third-order valence-electron chi connectivity index (χ3n) is 3.58. The molecule has 5 nitrogen and oxygen atoms in total. The summed E-state index contributed by atoms with van der Waals surface area (Å²) in [6.45, 7) is 2.09. The molecule has 2 rings (SSSR count). The van der Waals surface area contributed by atoms with Gasteiger partial charge in [-0.1, -0.05) is 24.3 Å². The van der Waals surface area contributed by atoms with Gasteiger partial charge in [-0.25, -0.2) is 0 Å². The molecule has 0 bridgehead atoms. The van der Waals surface area contributed by atoms with Crippen LogP contribution >= 0.6 is 0 Å². The Labute approximate surface area is 118 Å². The van der Waals surface area contributed by atoms with Gasteiger partial charge in [0, 0.05) is 13.1 Å².